The first kappa shape index (κ1) is 14.9. The quantitative estimate of drug-likeness (QED) is 0.876. The maximum atomic E-state index is 13.0. The maximum Gasteiger partial charge on any atom is 0.241 e. The minimum atomic E-state index is -3.63. The molecular formula is C12H16BrFN2O2S. The number of sulfonamides is 1. The Kier molecular flexibility index (Phi) is 4.94. The predicted octanol–water partition coefficient (Wildman–Crippen LogP) is 2.01. The van der Waals surface area contributed by atoms with Crippen LogP contribution < -0.4 is 10.0 Å². The zero-order valence-corrected chi connectivity index (χ0v) is 12.7. The van der Waals surface area contributed by atoms with E-state index in [1.54, 1.807) is 0 Å². The van der Waals surface area contributed by atoms with Crippen molar-refractivity contribution in [3.63, 3.8) is 0 Å². The van der Waals surface area contributed by atoms with Crippen LogP contribution in [-0.2, 0) is 10.0 Å². The van der Waals surface area contributed by atoms with Crippen LogP contribution in [0.25, 0.3) is 0 Å². The molecule has 0 spiro atoms. The Labute approximate surface area is 121 Å². The lowest BCUT2D eigenvalue weighted by Crippen LogP contribution is -2.40. The van der Waals surface area contributed by atoms with Crippen molar-refractivity contribution in [2.24, 2.45) is 0 Å². The van der Waals surface area contributed by atoms with Crippen molar-refractivity contribution >= 4 is 26.0 Å². The molecule has 0 aromatic heterocycles. The highest BCUT2D eigenvalue weighted by Crippen LogP contribution is 2.23. The second kappa shape index (κ2) is 6.30. The fourth-order valence-corrected chi connectivity index (χ4v) is 4.42. The lowest BCUT2D eigenvalue weighted by atomic mass is 10.2. The Hall–Kier alpha value is -0.500. The molecule has 1 aromatic carbocycles. The van der Waals surface area contributed by atoms with Gasteiger partial charge in [-0.3, -0.25) is 0 Å². The van der Waals surface area contributed by atoms with Crippen molar-refractivity contribution in [2.75, 3.05) is 13.1 Å². The molecule has 1 aliphatic heterocycles. The van der Waals surface area contributed by atoms with Gasteiger partial charge in [-0.05, 0) is 53.5 Å². The van der Waals surface area contributed by atoms with Gasteiger partial charge in [0.25, 0.3) is 0 Å². The number of nitrogens with one attached hydrogen (secondary N) is 2. The Balaban J connectivity index is 2.17. The summed E-state index contributed by atoms with van der Waals surface area (Å²) in [5, 5.41) is 3.20. The van der Waals surface area contributed by atoms with Crippen molar-refractivity contribution in [1.82, 2.24) is 10.0 Å². The van der Waals surface area contributed by atoms with Crippen LogP contribution in [0.15, 0.2) is 27.6 Å². The monoisotopic (exact) mass is 350 g/mol. The molecule has 0 bridgehead atoms. The van der Waals surface area contributed by atoms with Gasteiger partial charge in [-0.25, -0.2) is 17.5 Å². The molecule has 0 amide bonds. The minimum absolute atomic E-state index is 0.0677. The maximum absolute atomic E-state index is 13.0. The molecule has 0 aliphatic carbocycles. The summed E-state index contributed by atoms with van der Waals surface area (Å²) in [6, 6.07) is 3.45. The topological polar surface area (TPSA) is 58.2 Å². The van der Waals surface area contributed by atoms with Gasteiger partial charge in [0.05, 0.1) is 4.90 Å². The van der Waals surface area contributed by atoms with E-state index in [4.69, 9.17) is 0 Å². The highest BCUT2D eigenvalue weighted by molar-refractivity contribution is 9.10. The lowest BCUT2D eigenvalue weighted by Gasteiger charge is -2.17. The van der Waals surface area contributed by atoms with Crippen molar-refractivity contribution < 1.29 is 12.8 Å². The third kappa shape index (κ3) is 3.98. The third-order valence-electron chi connectivity index (χ3n) is 3.05. The Morgan fingerprint density at radius 2 is 2.16 bits per heavy atom. The summed E-state index contributed by atoms with van der Waals surface area (Å²) < 4.78 is 40.4. The van der Waals surface area contributed by atoms with E-state index in [2.05, 4.69) is 26.0 Å². The van der Waals surface area contributed by atoms with Crippen LogP contribution in [0.5, 0.6) is 0 Å². The zero-order chi connectivity index (χ0) is 13.9. The first-order valence-corrected chi connectivity index (χ1v) is 8.45. The van der Waals surface area contributed by atoms with Gasteiger partial charge in [-0.15, -0.1) is 0 Å². The first-order chi connectivity index (χ1) is 8.99. The number of hydrogen-bond donors (Lipinski definition) is 2. The molecule has 1 unspecified atom stereocenters. The van der Waals surface area contributed by atoms with Gasteiger partial charge in [0.1, 0.15) is 5.82 Å². The van der Waals surface area contributed by atoms with Crippen LogP contribution in [0, 0.1) is 5.82 Å². The predicted molar refractivity (Wildman–Crippen MR) is 74.9 cm³/mol. The van der Waals surface area contributed by atoms with Crippen LogP contribution >= 0.6 is 15.9 Å². The van der Waals surface area contributed by atoms with Crippen LogP contribution in [-0.4, -0.2) is 27.5 Å². The van der Waals surface area contributed by atoms with Gasteiger partial charge < -0.3 is 5.32 Å². The van der Waals surface area contributed by atoms with E-state index < -0.39 is 15.8 Å². The van der Waals surface area contributed by atoms with Gasteiger partial charge in [0, 0.05) is 17.1 Å². The van der Waals surface area contributed by atoms with Gasteiger partial charge >= 0.3 is 0 Å². The molecule has 1 aromatic rings. The highest BCUT2D eigenvalue weighted by Gasteiger charge is 2.23. The zero-order valence-electron chi connectivity index (χ0n) is 10.3. The van der Waals surface area contributed by atoms with E-state index in [-0.39, 0.29) is 15.4 Å². The molecule has 1 saturated heterocycles. The van der Waals surface area contributed by atoms with Crippen LogP contribution in [0.4, 0.5) is 4.39 Å². The van der Waals surface area contributed by atoms with E-state index in [9.17, 15) is 12.8 Å². The number of rotatable bonds is 3. The van der Waals surface area contributed by atoms with Gasteiger partial charge in [-0.1, -0.05) is 6.42 Å². The van der Waals surface area contributed by atoms with E-state index >= 15 is 0 Å². The summed E-state index contributed by atoms with van der Waals surface area (Å²) in [6.45, 7) is 1.54. The molecule has 2 rings (SSSR count). The molecule has 1 aliphatic rings. The molecule has 1 atom stereocenters. The van der Waals surface area contributed by atoms with Gasteiger partial charge in [0.2, 0.25) is 10.0 Å². The molecule has 0 saturated carbocycles. The minimum Gasteiger partial charge on any atom is -0.315 e. The number of hydrogen-bond acceptors (Lipinski definition) is 3. The molecule has 19 heavy (non-hydrogen) atoms. The molecule has 1 fully saturated rings. The van der Waals surface area contributed by atoms with E-state index in [1.807, 2.05) is 0 Å². The van der Waals surface area contributed by atoms with Crippen LogP contribution in [0.1, 0.15) is 19.3 Å². The fourth-order valence-electron chi connectivity index (χ4n) is 2.10. The largest absolute Gasteiger partial charge is 0.315 e. The summed E-state index contributed by atoms with van der Waals surface area (Å²) in [4.78, 5) is 0.0677. The SMILES string of the molecule is O=S(=O)(NC1CCCCNC1)c1ccc(F)cc1Br. The van der Waals surface area contributed by atoms with E-state index in [0.717, 1.165) is 37.9 Å². The smallest absolute Gasteiger partial charge is 0.241 e. The Morgan fingerprint density at radius 3 is 2.89 bits per heavy atom. The van der Waals surface area contributed by atoms with E-state index in [1.165, 1.54) is 6.07 Å². The van der Waals surface area contributed by atoms with Gasteiger partial charge in [0.15, 0.2) is 0 Å². The molecular weight excluding hydrogens is 335 g/mol. The molecule has 7 heteroatoms. The van der Waals surface area contributed by atoms with Gasteiger partial charge in [-0.2, -0.15) is 0 Å². The first-order valence-electron chi connectivity index (χ1n) is 6.17. The summed E-state index contributed by atoms with van der Waals surface area (Å²) >= 11 is 3.09. The van der Waals surface area contributed by atoms with E-state index in [0.29, 0.717) is 6.54 Å². The second-order valence-corrected chi connectivity index (χ2v) is 7.13. The Bertz CT molecular complexity index is 543. The van der Waals surface area contributed by atoms with Crippen molar-refractivity contribution in [2.45, 2.75) is 30.2 Å². The van der Waals surface area contributed by atoms with Crippen molar-refractivity contribution in [3.05, 3.63) is 28.5 Å². The summed E-state index contributed by atoms with van der Waals surface area (Å²) in [5.41, 5.74) is 0. The second-order valence-electron chi connectivity index (χ2n) is 4.59. The van der Waals surface area contributed by atoms with Crippen molar-refractivity contribution in [3.8, 4) is 0 Å². The summed E-state index contributed by atoms with van der Waals surface area (Å²) in [6.07, 6.45) is 2.86. The standard InChI is InChI=1S/C12H16BrFN2O2S/c13-11-7-9(14)4-5-12(11)19(17,18)16-10-3-1-2-6-15-8-10/h4-5,7,10,15-16H,1-3,6,8H2. The van der Waals surface area contributed by atoms with Crippen LogP contribution in [0.3, 0.4) is 0 Å². The molecule has 4 nitrogen and oxygen atoms in total. The third-order valence-corrected chi connectivity index (χ3v) is 5.55. The summed E-state index contributed by atoms with van der Waals surface area (Å²) in [5.74, 6) is -0.470. The normalized spacial score (nSPS) is 21.1. The molecule has 106 valence electrons. The Morgan fingerprint density at radius 1 is 1.37 bits per heavy atom. The molecule has 1 heterocycles. The highest BCUT2D eigenvalue weighted by atomic mass is 79.9. The summed E-state index contributed by atoms with van der Waals surface area (Å²) in [7, 11) is -3.63. The average Bonchev–Trinajstić information content (AvgIpc) is 2.56. The average molecular weight is 351 g/mol. The fraction of sp³-hybridized carbons (Fsp3) is 0.500. The molecule has 0 radical (unpaired) electrons. The number of halogens is 2. The van der Waals surface area contributed by atoms with Crippen molar-refractivity contribution in [1.29, 1.82) is 0 Å². The van der Waals surface area contributed by atoms with Crippen LogP contribution in [0.2, 0.25) is 0 Å². The molecule has 2 N–H and O–H groups in total. The lowest BCUT2D eigenvalue weighted by molar-refractivity contribution is 0.520. The number of benzene rings is 1.